The summed E-state index contributed by atoms with van der Waals surface area (Å²) in [6.07, 6.45) is 3.59. The summed E-state index contributed by atoms with van der Waals surface area (Å²) in [5, 5.41) is 11.5. The number of morpholine rings is 1. The van der Waals surface area contributed by atoms with Crippen molar-refractivity contribution in [2.24, 2.45) is 11.8 Å². The summed E-state index contributed by atoms with van der Waals surface area (Å²) in [5.41, 5.74) is -1.17. The molecular weight excluding hydrogens is 361 g/mol. The molecule has 26 heavy (non-hydrogen) atoms. The quantitative estimate of drug-likeness (QED) is 0.775. The number of fused-ring (bicyclic) bond motifs is 2. The number of aliphatic hydroxyl groups is 1. The van der Waals surface area contributed by atoms with Gasteiger partial charge in [-0.25, -0.2) is 4.98 Å². The van der Waals surface area contributed by atoms with Gasteiger partial charge in [0.1, 0.15) is 5.60 Å². The first-order valence-electron chi connectivity index (χ1n) is 9.10. The molecule has 1 aromatic heterocycles. The van der Waals surface area contributed by atoms with Crippen molar-refractivity contribution in [3.05, 3.63) is 29.8 Å². The zero-order valence-corrected chi connectivity index (χ0v) is 15.4. The lowest BCUT2D eigenvalue weighted by molar-refractivity contribution is -0.136. The number of pyridine rings is 1. The van der Waals surface area contributed by atoms with Crippen molar-refractivity contribution in [3.8, 4) is 0 Å². The van der Waals surface area contributed by atoms with E-state index in [2.05, 4.69) is 4.98 Å². The summed E-state index contributed by atoms with van der Waals surface area (Å²) in [5.74, 6) is -1.36. The van der Waals surface area contributed by atoms with E-state index in [0.29, 0.717) is 39.1 Å². The molecule has 0 radical (unpaired) electrons. The Morgan fingerprint density at radius 1 is 1.19 bits per heavy atom. The van der Waals surface area contributed by atoms with Crippen LogP contribution in [-0.2, 0) is 20.5 Å². The van der Waals surface area contributed by atoms with E-state index >= 15 is 0 Å². The maximum absolute atomic E-state index is 14.3. The Hall–Kier alpha value is -1.13. The van der Waals surface area contributed by atoms with E-state index in [1.165, 1.54) is 14.8 Å². The molecule has 1 N–H and O–H groups in total. The van der Waals surface area contributed by atoms with Gasteiger partial charge in [0.2, 0.25) is 5.95 Å². The highest BCUT2D eigenvalue weighted by atomic mass is 32.2. The predicted octanol–water partition coefficient (Wildman–Crippen LogP) is 0.717. The van der Waals surface area contributed by atoms with Crippen molar-refractivity contribution in [2.45, 2.75) is 24.9 Å². The Morgan fingerprint density at radius 3 is 2.46 bits per heavy atom. The van der Waals surface area contributed by atoms with Crippen molar-refractivity contribution in [1.29, 1.82) is 0 Å². The molecular formula is C17H24FN3O4S. The fourth-order valence-electron chi connectivity index (χ4n) is 4.66. The smallest absolute Gasteiger partial charge is 0.282 e. The number of piperidine rings is 1. The van der Waals surface area contributed by atoms with E-state index in [-0.39, 0.29) is 30.5 Å². The molecule has 7 nitrogen and oxygen atoms in total. The number of hydrogen-bond acceptors (Lipinski definition) is 5. The second-order valence-electron chi connectivity index (χ2n) is 7.33. The third kappa shape index (κ3) is 2.86. The standard InChI is InChI=1S/C17H24FN3O4S/c18-16-15(5-2-6-19-16)17(22)13-3-1-4-14(17)12-21(11-13)26(23,24)20-7-9-25-10-8-20/h2,5-6,13-14,22H,1,3-4,7-12H2/t13-,14-/m1/s1. The van der Waals surface area contributed by atoms with Gasteiger partial charge in [-0.15, -0.1) is 0 Å². The first-order valence-corrected chi connectivity index (χ1v) is 10.5. The zero-order valence-electron chi connectivity index (χ0n) is 14.6. The Labute approximate surface area is 153 Å². The lowest BCUT2D eigenvalue weighted by atomic mass is 9.63. The van der Waals surface area contributed by atoms with Crippen molar-refractivity contribution in [3.63, 3.8) is 0 Å². The molecule has 2 saturated heterocycles. The van der Waals surface area contributed by atoms with Gasteiger partial charge in [-0.3, -0.25) is 0 Å². The predicted molar refractivity (Wildman–Crippen MR) is 91.8 cm³/mol. The highest BCUT2D eigenvalue weighted by Crippen LogP contribution is 2.50. The number of rotatable bonds is 3. The number of hydrogen-bond donors (Lipinski definition) is 1. The minimum atomic E-state index is -3.60. The Balaban J connectivity index is 1.64. The third-order valence-corrected chi connectivity index (χ3v) is 7.98. The number of ether oxygens (including phenoxy) is 1. The summed E-state index contributed by atoms with van der Waals surface area (Å²) in [6, 6.07) is 3.18. The highest BCUT2D eigenvalue weighted by Gasteiger charge is 2.55. The lowest BCUT2D eigenvalue weighted by Gasteiger charge is -2.53. The fourth-order valence-corrected chi connectivity index (χ4v) is 6.34. The van der Waals surface area contributed by atoms with Gasteiger partial charge in [0.05, 0.1) is 13.2 Å². The molecule has 9 heteroatoms. The van der Waals surface area contributed by atoms with Crippen LogP contribution in [0.25, 0.3) is 0 Å². The molecule has 1 aromatic rings. The summed E-state index contributed by atoms with van der Waals surface area (Å²) in [6.45, 7) is 1.86. The van der Waals surface area contributed by atoms with E-state index in [1.807, 2.05) is 0 Å². The van der Waals surface area contributed by atoms with E-state index in [0.717, 1.165) is 6.42 Å². The van der Waals surface area contributed by atoms with Crippen LogP contribution in [-0.4, -0.2) is 66.5 Å². The summed E-state index contributed by atoms with van der Waals surface area (Å²) >= 11 is 0. The molecule has 4 rings (SSSR count). The topological polar surface area (TPSA) is 83.0 Å². The maximum Gasteiger partial charge on any atom is 0.282 e. The van der Waals surface area contributed by atoms with Gasteiger partial charge in [-0.2, -0.15) is 21.4 Å². The number of halogens is 1. The molecule has 0 amide bonds. The summed E-state index contributed by atoms with van der Waals surface area (Å²) < 4.78 is 48.5. The number of nitrogens with zero attached hydrogens (tertiary/aromatic N) is 3. The van der Waals surface area contributed by atoms with E-state index in [4.69, 9.17) is 4.74 Å². The number of aromatic nitrogens is 1. The second-order valence-corrected chi connectivity index (χ2v) is 9.26. The van der Waals surface area contributed by atoms with Gasteiger partial charge >= 0.3 is 0 Å². The second kappa shape index (κ2) is 6.79. The monoisotopic (exact) mass is 385 g/mol. The average molecular weight is 385 g/mol. The Kier molecular flexibility index (Phi) is 4.77. The van der Waals surface area contributed by atoms with E-state index in [9.17, 15) is 17.9 Å². The molecule has 2 aliphatic heterocycles. The van der Waals surface area contributed by atoms with Gasteiger partial charge < -0.3 is 9.84 Å². The van der Waals surface area contributed by atoms with Crippen molar-refractivity contribution >= 4 is 10.2 Å². The van der Waals surface area contributed by atoms with Crippen molar-refractivity contribution in [2.75, 3.05) is 39.4 Å². The zero-order chi connectivity index (χ0) is 18.4. The van der Waals surface area contributed by atoms with Crippen LogP contribution in [0.15, 0.2) is 18.3 Å². The first kappa shape index (κ1) is 18.2. The Bertz CT molecular complexity index is 755. The van der Waals surface area contributed by atoms with Gasteiger partial charge in [-0.05, 0) is 18.9 Å². The van der Waals surface area contributed by atoms with Crippen molar-refractivity contribution < 1.29 is 22.7 Å². The molecule has 0 unspecified atom stereocenters. The van der Waals surface area contributed by atoms with Crippen molar-refractivity contribution in [1.82, 2.24) is 13.6 Å². The van der Waals surface area contributed by atoms with Crippen LogP contribution < -0.4 is 0 Å². The van der Waals surface area contributed by atoms with Gasteiger partial charge in [0.15, 0.2) is 0 Å². The first-order chi connectivity index (χ1) is 12.4. The largest absolute Gasteiger partial charge is 0.384 e. The van der Waals surface area contributed by atoms with Crippen LogP contribution in [0.5, 0.6) is 0 Å². The molecule has 2 atom stereocenters. The molecule has 3 aliphatic rings. The van der Waals surface area contributed by atoms with Crippen LogP contribution in [0.1, 0.15) is 24.8 Å². The lowest BCUT2D eigenvalue weighted by Crippen LogP contribution is -2.61. The van der Waals surface area contributed by atoms with E-state index < -0.39 is 21.8 Å². The third-order valence-electron chi connectivity index (χ3n) is 6.01. The normalized spacial score (nSPS) is 33.9. The fraction of sp³-hybridized carbons (Fsp3) is 0.706. The molecule has 3 fully saturated rings. The molecule has 1 aliphatic carbocycles. The maximum atomic E-state index is 14.3. The Morgan fingerprint density at radius 2 is 1.85 bits per heavy atom. The SMILES string of the molecule is O=S(=O)(N1CCOCC1)N1C[C@H]2CCC[C@H](C1)C2(O)c1cccnc1F. The molecule has 1 saturated carbocycles. The molecule has 0 spiro atoms. The van der Waals surface area contributed by atoms with Gasteiger partial charge in [-0.1, -0.05) is 12.5 Å². The average Bonchev–Trinajstić information content (AvgIpc) is 2.62. The summed E-state index contributed by atoms with van der Waals surface area (Å²) in [7, 11) is -3.60. The molecule has 144 valence electrons. The van der Waals surface area contributed by atoms with Gasteiger partial charge in [0.25, 0.3) is 10.2 Å². The minimum absolute atomic E-state index is 0.193. The van der Waals surface area contributed by atoms with Crippen LogP contribution in [0.4, 0.5) is 4.39 Å². The van der Waals surface area contributed by atoms with Crippen LogP contribution in [0, 0.1) is 17.8 Å². The minimum Gasteiger partial charge on any atom is -0.384 e. The van der Waals surface area contributed by atoms with Crippen LogP contribution in [0.3, 0.4) is 0 Å². The summed E-state index contributed by atoms with van der Waals surface area (Å²) in [4.78, 5) is 3.69. The van der Waals surface area contributed by atoms with Crippen LogP contribution in [0.2, 0.25) is 0 Å². The molecule has 0 aromatic carbocycles. The molecule has 3 heterocycles. The highest BCUT2D eigenvalue weighted by molar-refractivity contribution is 7.86. The van der Waals surface area contributed by atoms with Gasteiger partial charge in [0, 0.05) is 49.8 Å². The van der Waals surface area contributed by atoms with Crippen LogP contribution >= 0.6 is 0 Å². The molecule has 2 bridgehead atoms. The van der Waals surface area contributed by atoms with E-state index in [1.54, 1.807) is 12.1 Å².